The average molecular weight is 236 g/mol. The molecule has 0 spiro atoms. The number of carbonyl (C=O) groups excluding carboxylic acids is 2. The Morgan fingerprint density at radius 1 is 1.12 bits per heavy atom. The summed E-state index contributed by atoms with van der Waals surface area (Å²) in [5, 5.41) is 0. The number of nitrogens with zero attached hydrogens (tertiary/aromatic N) is 1. The van der Waals surface area contributed by atoms with Crippen LogP contribution in [0.2, 0.25) is 0 Å². The minimum atomic E-state index is -0.108. The van der Waals surface area contributed by atoms with Crippen LogP contribution in [0.25, 0.3) is 0 Å². The van der Waals surface area contributed by atoms with Gasteiger partial charge in [-0.3, -0.25) is 14.5 Å². The third-order valence-electron chi connectivity index (χ3n) is 4.95. The number of rotatable bonds is 1. The molecule has 0 radical (unpaired) electrons. The molecule has 2 amide bonds. The molecular weight excluding hydrogens is 216 g/mol. The first-order chi connectivity index (χ1) is 7.96. The van der Waals surface area contributed by atoms with Gasteiger partial charge in [0.1, 0.15) is 0 Å². The van der Waals surface area contributed by atoms with E-state index in [1.165, 1.54) is 4.90 Å². The molecule has 0 bridgehead atoms. The van der Waals surface area contributed by atoms with E-state index >= 15 is 0 Å². The molecule has 0 aromatic heterocycles. The lowest BCUT2D eigenvalue weighted by molar-refractivity contribution is -0.147. The Kier molecular flexibility index (Phi) is 2.18. The number of likely N-dealkylation sites (tertiary alicyclic amines) is 1. The van der Waals surface area contributed by atoms with E-state index in [4.69, 9.17) is 5.73 Å². The molecule has 4 atom stereocenters. The van der Waals surface area contributed by atoms with E-state index in [-0.39, 0.29) is 41.1 Å². The monoisotopic (exact) mass is 236 g/mol. The number of fused-ring (bicyclic) bond motifs is 1. The highest BCUT2D eigenvalue weighted by Gasteiger charge is 2.73. The lowest BCUT2D eigenvalue weighted by Crippen LogP contribution is -2.53. The number of imide groups is 1. The smallest absolute Gasteiger partial charge is 0.233 e. The van der Waals surface area contributed by atoms with Crippen LogP contribution in [0.5, 0.6) is 0 Å². The van der Waals surface area contributed by atoms with Crippen molar-refractivity contribution < 1.29 is 9.59 Å². The highest BCUT2D eigenvalue weighted by atomic mass is 16.2. The predicted octanol–water partition coefficient (Wildman–Crippen LogP) is 0.897. The normalized spacial score (nSPS) is 43.8. The van der Waals surface area contributed by atoms with E-state index in [2.05, 4.69) is 0 Å². The quantitative estimate of drug-likeness (QED) is 0.688. The first-order valence-corrected chi connectivity index (χ1v) is 6.58. The molecule has 2 saturated carbocycles. The van der Waals surface area contributed by atoms with Crippen molar-refractivity contribution in [3.63, 3.8) is 0 Å². The zero-order valence-electron chi connectivity index (χ0n) is 10.5. The summed E-state index contributed by atoms with van der Waals surface area (Å²) in [7, 11) is 0. The molecule has 0 aromatic carbocycles. The predicted molar refractivity (Wildman–Crippen MR) is 62.8 cm³/mol. The summed E-state index contributed by atoms with van der Waals surface area (Å²) in [6, 6.07) is -0.0513. The van der Waals surface area contributed by atoms with Gasteiger partial charge in [-0.1, -0.05) is 26.7 Å². The number of hydrogen-bond donors (Lipinski definition) is 1. The number of amides is 2. The Balaban J connectivity index is 1.82. The van der Waals surface area contributed by atoms with E-state index in [9.17, 15) is 9.59 Å². The average Bonchev–Trinajstić information content (AvgIpc) is 2.72. The summed E-state index contributed by atoms with van der Waals surface area (Å²) in [4.78, 5) is 26.0. The van der Waals surface area contributed by atoms with Gasteiger partial charge in [0.25, 0.3) is 0 Å². The summed E-state index contributed by atoms with van der Waals surface area (Å²) >= 11 is 0. The van der Waals surface area contributed by atoms with Gasteiger partial charge in [-0.2, -0.15) is 0 Å². The maximum absolute atomic E-state index is 12.3. The van der Waals surface area contributed by atoms with Crippen LogP contribution in [-0.2, 0) is 9.59 Å². The molecule has 1 heterocycles. The summed E-state index contributed by atoms with van der Waals surface area (Å²) in [6.07, 6.45) is 4.01. The van der Waals surface area contributed by atoms with Crippen molar-refractivity contribution in [3.8, 4) is 0 Å². The van der Waals surface area contributed by atoms with Crippen LogP contribution >= 0.6 is 0 Å². The highest BCUT2D eigenvalue weighted by molar-refractivity contribution is 6.10. The van der Waals surface area contributed by atoms with Crippen molar-refractivity contribution in [2.45, 2.75) is 51.6 Å². The summed E-state index contributed by atoms with van der Waals surface area (Å²) in [6.45, 7) is 4.02. The largest absolute Gasteiger partial charge is 0.326 e. The first-order valence-electron chi connectivity index (χ1n) is 6.58. The van der Waals surface area contributed by atoms with Gasteiger partial charge in [-0.05, 0) is 18.3 Å². The SMILES string of the molecule is CC1(C)C2C(=O)N(C3CCCCC3N)C(=O)C21. The topological polar surface area (TPSA) is 63.4 Å². The fourth-order valence-electron chi connectivity index (χ4n) is 3.76. The number of hydrogen-bond acceptors (Lipinski definition) is 3. The number of nitrogens with two attached hydrogens (primary N) is 1. The van der Waals surface area contributed by atoms with Crippen LogP contribution in [0.4, 0.5) is 0 Å². The van der Waals surface area contributed by atoms with Gasteiger partial charge >= 0.3 is 0 Å². The third-order valence-corrected chi connectivity index (χ3v) is 4.95. The molecule has 3 aliphatic rings. The molecule has 1 saturated heterocycles. The van der Waals surface area contributed by atoms with Crippen molar-refractivity contribution in [1.82, 2.24) is 4.90 Å². The van der Waals surface area contributed by atoms with Gasteiger partial charge in [0.15, 0.2) is 0 Å². The number of piperidine rings is 1. The van der Waals surface area contributed by atoms with Crippen LogP contribution in [0.1, 0.15) is 39.5 Å². The van der Waals surface area contributed by atoms with Gasteiger partial charge in [0.2, 0.25) is 11.8 Å². The van der Waals surface area contributed by atoms with Gasteiger partial charge in [-0.25, -0.2) is 0 Å². The highest BCUT2D eigenvalue weighted by Crippen LogP contribution is 2.63. The van der Waals surface area contributed by atoms with Crippen molar-refractivity contribution in [2.24, 2.45) is 23.0 Å². The van der Waals surface area contributed by atoms with Gasteiger partial charge in [-0.15, -0.1) is 0 Å². The zero-order chi connectivity index (χ0) is 12.4. The van der Waals surface area contributed by atoms with Crippen molar-refractivity contribution in [3.05, 3.63) is 0 Å². The minimum absolute atomic E-state index is 0.0164. The lowest BCUT2D eigenvalue weighted by Gasteiger charge is -2.36. The zero-order valence-corrected chi connectivity index (χ0v) is 10.5. The molecule has 3 fully saturated rings. The van der Waals surface area contributed by atoms with Gasteiger partial charge < -0.3 is 5.73 Å². The second-order valence-corrected chi connectivity index (χ2v) is 6.34. The van der Waals surface area contributed by atoms with Crippen molar-refractivity contribution >= 4 is 11.8 Å². The molecule has 4 nitrogen and oxygen atoms in total. The molecule has 17 heavy (non-hydrogen) atoms. The van der Waals surface area contributed by atoms with E-state index in [0.29, 0.717) is 0 Å². The van der Waals surface area contributed by atoms with Crippen molar-refractivity contribution in [2.75, 3.05) is 0 Å². The standard InChI is InChI=1S/C13H20N2O2/c1-13(2)9-10(13)12(17)15(11(9)16)8-6-4-3-5-7(8)14/h7-10H,3-6,14H2,1-2H3. The summed E-state index contributed by atoms with van der Waals surface area (Å²) in [5.41, 5.74) is 5.96. The van der Waals surface area contributed by atoms with Gasteiger partial charge in [0.05, 0.1) is 17.9 Å². The van der Waals surface area contributed by atoms with Crippen LogP contribution in [0.15, 0.2) is 0 Å². The second kappa shape index (κ2) is 3.31. The third kappa shape index (κ3) is 1.33. The Bertz CT molecular complexity index is 367. The molecule has 2 N–H and O–H groups in total. The van der Waals surface area contributed by atoms with Crippen LogP contribution < -0.4 is 5.73 Å². The molecule has 1 aliphatic heterocycles. The Morgan fingerprint density at radius 3 is 2.18 bits per heavy atom. The first kappa shape index (κ1) is 11.2. The maximum Gasteiger partial charge on any atom is 0.233 e. The van der Waals surface area contributed by atoms with E-state index in [0.717, 1.165) is 25.7 Å². The second-order valence-electron chi connectivity index (χ2n) is 6.34. The molecule has 2 aliphatic carbocycles. The lowest BCUT2D eigenvalue weighted by atomic mass is 9.89. The number of carbonyl (C=O) groups is 2. The Labute approximate surface area is 102 Å². The Hall–Kier alpha value is -0.900. The molecule has 94 valence electrons. The molecule has 3 rings (SSSR count). The fraction of sp³-hybridized carbons (Fsp3) is 0.846. The molecule has 4 unspecified atom stereocenters. The van der Waals surface area contributed by atoms with E-state index in [1.807, 2.05) is 13.8 Å². The molecule has 4 heteroatoms. The van der Waals surface area contributed by atoms with E-state index in [1.54, 1.807) is 0 Å². The Morgan fingerprint density at radius 2 is 1.65 bits per heavy atom. The summed E-state index contributed by atoms with van der Waals surface area (Å²) < 4.78 is 0. The molecular formula is C13H20N2O2. The maximum atomic E-state index is 12.3. The van der Waals surface area contributed by atoms with Crippen molar-refractivity contribution in [1.29, 1.82) is 0 Å². The van der Waals surface area contributed by atoms with Crippen LogP contribution in [0.3, 0.4) is 0 Å². The fourth-order valence-corrected chi connectivity index (χ4v) is 3.76. The minimum Gasteiger partial charge on any atom is -0.326 e. The summed E-state index contributed by atoms with van der Waals surface area (Å²) in [5.74, 6) is -0.0621. The molecule has 0 aromatic rings. The van der Waals surface area contributed by atoms with Gasteiger partial charge in [0, 0.05) is 6.04 Å². The van der Waals surface area contributed by atoms with E-state index < -0.39 is 0 Å². The van der Waals surface area contributed by atoms with Crippen LogP contribution in [0, 0.1) is 17.3 Å². The van der Waals surface area contributed by atoms with Crippen LogP contribution in [-0.4, -0.2) is 28.8 Å².